The molecule has 1 aromatic heterocycles. The minimum absolute atomic E-state index is 0.000858. The zero-order valence-electron chi connectivity index (χ0n) is 11.2. The Morgan fingerprint density at radius 2 is 2.14 bits per heavy atom. The Hall–Kier alpha value is -1.86. The predicted octanol–water partition coefficient (Wildman–Crippen LogP) is 1.07. The van der Waals surface area contributed by atoms with Crippen LogP contribution in [0.15, 0.2) is 30.5 Å². The summed E-state index contributed by atoms with van der Waals surface area (Å²) in [6.07, 6.45) is 2.12. The quantitative estimate of drug-likeness (QED) is 0.784. The van der Waals surface area contributed by atoms with Crippen LogP contribution in [0.3, 0.4) is 0 Å². The second-order valence-electron chi connectivity index (χ2n) is 5.33. The topological polar surface area (TPSA) is 99.3 Å². The number of H-pyrrole nitrogens is 1. The molecule has 3 N–H and O–H groups in total. The van der Waals surface area contributed by atoms with Gasteiger partial charge >= 0.3 is 5.97 Å². The number of aromatic amines is 1. The molecule has 7 heteroatoms. The first kappa shape index (κ1) is 14.1. The molecule has 3 rings (SSSR count). The van der Waals surface area contributed by atoms with E-state index in [4.69, 9.17) is 0 Å². The number of aliphatic carboxylic acids is 1. The lowest BCUT2D eigenvalue weighted by atomic mass is 10.0. The number of rotatable bonds is 4. The normalized spacial score (nSPS) is 22.4. The molecule has 2 atom stereocenters. The average Bonchev–Trinajstić information content (AvgIpc) is 2.99. The van der Waals surface area contributed by atoms with Gasteiger partial charge in [-0.1, -0.05) is 18.2 Å². The predicted molar refractivity (Wildman–Crippen MR) is 78.9 cm³/mol. The van der Waals surface area contributed by atoms with Crippen molar-refractivity contribution < 1.29 is 18.3 Å². The molecule has 6 nitrogen and oxygen atoms in total. The van der Waals surface area contributed by atoms with Crippen molar-refractivity contribution in [3.05, 3.63) is 36.0 Å². The van der Waals surface area contributed by atoms with E-state index in [1.165, 1.54) is 0 Å². The third-order valence-corrected chi connectivity index (χ3v) is 5.58. The minimum atomic E-state index is -3.04. The Balaban J connectivity index is 1.90. The molecule has 1 aliphatic rings. The summed E-state index contributed by atoms with van der Waals surface area (Å²) in [5.41, 5.74) is 1.49. The molecule has 0 radical (unpaired) electrons. The van der Waals surface area contributed by atoms with Gasteiger partial charge in [-0.05, 0) is 12.5 Å². The Morgan fingerprint density at radius 3 is 2.81 bits per heavy atom. The molecular weight excluding hydrogens is 292 g/mol. The summed E-state index contributed by atoms with van der Waals surface area (Å²) in [5.74, 6) is -0.895. The number of sulfone groups is 1. The second-order valence-corrected chi connectivity index (χ2v) is 7.56. The van der Waals surface area contributed by atoms with Crippen LogP contribution in [0, 0.1) is 0 Å². The van der Waals surface area contributed by atoms with Crippen LogP contribution in [-0.2, 0) is 14.6 Å². The van der Waals surface area contributed by atoms with Crippen LogP contribution in [-0.4, -0.2) is 42.0 Å². The molecule has 1 fully saturated rings. The number of aromatic nitrogens is 1. The van der Waals surface area contributed by atoms with Gasteiger partial charge in [-0.3, -0.25) is 10.1 Å². The van der Waals surface area contributed by atoms with Gasteiger partial charge in [0.15, 0.2) is 9.84 Å². The Bertz CT molecular complexity index is 781. The summed E-state index contributed by atoms with van der Waals surface area (Å²) in [6.45, 7) is 0. The molecule has 2 heterocycles. The van der Waals surface area contributed by atoms with Crippen LogP contribution in [0.1, 0.15) is 18.0 Å². The number of para-hydroxylation sites is 1. The largest absolute Gasteiger partial charge is 0.480 e. The fourth-order valence-electron chi connectivity index (χ4n) is 2.79. The Morgan fingerprint density at radius 1 is 1.38 bits per heavy atom. The number of nitrogens with one attached hydrogen (secondary N) is 2. The second kappa shape index (κ2) is 5.16. The highest BCUT2D eigenvalue weighted by Crippen LogP contribution is 2.26. The smallest absolute Gasteiger partial charge is 0.325 e. The van der Waals surface area contributed by atoms with E-state index in [2.05, 4.69) is 10.3 Å². The molecule has 112 valence electrons. The van der Waals surface area contributed by atoms with Crippen molar-refractivity contribution in [3.63, 3.8) is 0 Å². The van der Waals surface area contributed by atoms with E-state index >= 15 is 0 Å². The third-order valence-electron chi connectivity index (χ3n) is 3.81. The van der Waals surface area contributed by atoms with Crippen molar-refractivity contribution in [2.45, 2.75) is 18.5 Å². The molecule has 1 saturated heterocycles. The number of hydrogen-bond acceptors (Lipinski definition) is 4. The van der Waals surface area contributed by atoms with Gasteiger partial charge in [-0.25, -0.2) is 8.42 Å². The molecule has 2 aromatic rings. The zero-order valence-corrected chi connectivity index (χ0v) is 12.1. The molecule has 1 aromatic carbocycles. The number of hydrogen-bond donors (Lipinski definition) is 3. The first-order chi connectivity index (χ1) is 9.96. The van der Waals surface area contributed by atoms with Crippen molar-refractivity contribution in [2.24, 2.45) is 0 Å². The maximum atomic E-state index is 11.6. The maximum absolute atomic E-state index is 11.6. The molecule has 0 amide bonds. The molecule has 0 spiro atoms. The van der Waals surface area contributed by atoms with Gasteiger partial charge in [0.25, 0.3) is 0 Å². The molecule has 1 aliphatic heterocycles. The van der Waals surface area contributed by atoms with E-state index in [1.807, 2.05) is 24.3 Å². The third kappa shape index (κ3) is 2.79. The van der Waals surface area contributed by atoms with Gasteiger partial charge in [-0.2, -0.15) is 0 Å². The van der Waals surface area contributed by atoms with Crippen LogP contribution in [0.4, 0.5) is 0 Å². The number of benzene rings is 1. The van der Waals surface area contributed by atoms with Gasteiger partial charge in [-0.15, -0.1) is 0 Å². The van der Waals surface area contributed by atoms with E-state index in [-0.39, 0.29) is 17.5 Å². The van der Waals surface area contributed by atoms with Crippen molar-refractivity contribution in [2.75, 3.05) is 11.5 Å². The zero-order chi connectivity index (χ0) is 15.0. The van der Waals surface area contributed by atoms with E-state index < -0.39 is 21.8 Å². The average molecular weight is 308 g/mol. The lowest BCUT2D eigenvalue weighted by Gasteiger charge is -2.18. The summed E-state index contributed by atoms with van der Waals surface area (Å²) >= 11 is 0. The summed E-state index contributed by atoms with van der Waals surface area (Å²) in [5, 5.41) is 13.3. The molecule has 2 unspecified atom stereocenters. The summed E-state index contributed by atoms with van der Waals surface area (Å²) in [6, 6.07) is 6.21. The highest BCUT2D eigenvalue weighted by Gasteiger charge is 2.32. The lowest BCUT2D eigenvalue weighted by molar-refractivity contribution is -0.139. The van der Waals surface area contributed by atoms with Crippen LogP contribution in [0.25, 0.3) is 10.9 Å². The first-order valence-electron chi connectivity index (χ1n) is 6.71. The Kier molecular flexibility index (Phi) is 3.46. The van der Waals surface area contributed by atoms with E-state index in [0.717, 1.165) is 10.9 Å². The summed E-state index contributed by atoms with van der Waals surface area (Å²) in [7, 11) is -3.04. The first-order valence-corrected chi connectivity index (χ1v) is 8.54. The van der Waals surface area contributed by atoms with Gasteiger partial charge in [0.1, 0.15) is 6.04 Å². The number of carbonyl (C=O) groups is 1. The van der Waals surface area contributed by atoms with E-state index in [1.54, 1.807) is 6.20 Å². The summed E-state index contributed by atoms with van der Waals surface area (Å²) < 4.78 is 23.0. The van der Waals surface area contributed by atoms with Crippen LogP contribution in [0.2, 0.25) is 0 Å². The standard InChI is InChI=1S/C14H16N2O4S/c17-14(18)13(16-9-5-6-21(19,20)8-9)11-7-15-12-4-2-1-3-10(11)12/h1-4,7,9,13,15-16H,5-6,8H2,(H,17,18). The van der Waals surface area contributed by atoms with Crippen LogP contribution >= 0.6 is 0 Å². The molecule has 0 bridgehead atoms. The lowest BCUT2D eigenvalue weighted by Crippen LogP contribution is -2.37. The maximum Gasteiger partial charge on any atom is 0.325 e. The van der Waals surface area contributed by atoms with Gasteiger partial charge < -0.3 is 10.1 Å². The van der Waals surface area contributed by atoms with Crippen molar-refractivity contribution in [3.8, 4) is 0 Å². The van der Waals surface area contributed by atoms with Crippen molar-refractivity contribution >= 4 is 26.7 Å². The van der Waals surface area contributed by atoms with Crippen molar-refractivity contribution in [1.82, 2.24) is 10.3 Å². The van der Waals surface area contributed by atoms with E-state index in [9.17, 15) is 18.3 Å². The molecular formula is C14H16N2O4S. The van der Waals surface area contributed by atoms with Crippen molar-refractivity contribution in [1.29, 1.82) is 0 Å². The molecule has 21 heavy (non-hydrogen) atoms. The van der Waals surface area contributed by atoms with Crippen LogP contribution < -0.4 is 5.32 Å². The number of carboxylic acid groups (broad SMARTS) is 1. The Labute approximate surface area is 122 Å². The fraction of sp³-hybridized carbons (Fsp3) is 0.357. The minimum Gasteiger partial charge on any atom is -0.480 e. The SMILES string of the molecule is O=C(O)C(NC1CCS(=O)(=O)C1)c1c[nH]c2ccccc12. The van der Waals surface area contributed by atoms with Gasteiger partial charge in [0, 0.05) is 28.7 Å². The monoisotopic (exact) mass is 308 g/mol. The highest BCUT2D eigenvalue weighted by atomic mass is 32.2. The highest BCUT2D eigenvalue weighted by molar-refractivity contribution is 7.91. The fourth-order valence-corrected chi connectivity index (χ4v) is 4.48. The number of fused-ring (bicyclic) bond motifs is 1. The number of carboxylic acids is 1. The van der Waals surface area contributed by atoms with Gasteiger partial charge in [0.2, 0.25) is 0 Å². The molecule has 0 aliphatic carbocycles. The van der Waals surface area contributed by atoms with Crippen LogP contribution in [0.5, 0.6) is 0 Å². The summed E-state index contributed by atoms with van der Waals surface area (Å²) in [4.78, 5) is 14.6. The molecule has 0 saturated carbocycles. The van der Waals surface area contributed by atoms with E-state index in [0.29, 0.717) is 12.0 Å². The van der Waals surface area contributed by atoms with Gasteiger partial charge in [0.05, 0.1) is 11.5 Å².